The van der Waals surface area contributed by atoms with Crippen molar-refractivity contribution < 1.29 is 4.42 Å². The maximum atomic E-state index is 6.60. The Kier molecular flexibility index (Phi) is 6.36. The summed E-state index contributed by atoms with van der Waals surface area (Å²) in [6.45, 7) is 0. The van der Waals surface area contributed by atoms with E-state index in [9.17, 15) is 0 Å². The second-order valence-electron chi connectivity index (χ2n) is 12.4. The Labute approximate surface area is 286 Å². The molecule has 0 N–H and O–H groups in total. The average Bonchev–Trinajstić information content (AvgIpc) is 3.77. The van der Waals surface area contributed by atoms with Crippen LogP contribution < -0.4 is 4.90 Å². The van der Waals surface area contributed by atoms with Crippen LogP contribution in [0.5, 0.6) is 0 Å². The van der Waals surface area contributed by atoms with Gasteiger partial charge in [-0.25, -0.2) is 4.98 Å². The molecule has 10 aromatic rings. The van der Waals surface area contributed by atoms with E-state index < -0.39 is 0 Å². The van der Waals surface area contributed by atoms with Gasteiger partial charge in [0.2, 0.25) is 0 Å². The normalized spacial score (nSPS) is 11.7. The largest absolute Gasteiger partial charge is 0.456 e. The summed E-state index contributed by atoms with van der Waals surface area (Å²) in [6.07, 6.45) is 0. The van der Waals surface area contributed by atoms with Gasteiger partial charge < -0.3 is 9.32 Å². The molecule has 0 spiro atoms. The predicted octanol–water partition coefficient (Wildman–Crippen LogP) is 13.3. The topological polar surface area (TPSA) is 29.3 Å². The van der Waals surface area contributed by atoms with Crippen LogP contribution in [0.1, 0.15) is 0 Å². The Morgan fingerprint density at radius 3 is 1.90 bits per heavy atom. The highest BCUT2D eigenvalue weighted by atomic mass is 32.1. The molecule has 0 aliphatic rings. The molecule has 0 saturated carbocycles. The minimum atomic E-state index is 0.854. The van der Waals surface area contributed by atoms with Gasteiger partial charge in [0.15, 0.2) is 0 Å². The molecule has 0 unspecified atom stereocenters. The first-order chi connectivity index (χ1) is 24.3. The van der Waals surface area contributed by atoms with Crippen molar-refractivity contribution in [1.29, 1.82) is 0 Å². The molecule has 4 heteroatoms. The van der Waals surface area contributed by atoms with Crippen LogP contribution in [-0.2, 0) is 0 Å². The van der Waals surface area contributed by atoms with Crippen molar-refractivity contribution in [2.45, 2.75) is 0 Å². The standard InChI is InChI=1S/C45H28N2OS/c1-3-9-29(10-4-1)30-17-20-34(21-18-30)47(35-22-19-32-16-15-31-11-7-8-14-37(31)39(32)27-35)36-23-24-38-42(28-36)48-41-26-25-40-44(43(38)41)49-45(46-40)33-12-5-2-6-13-33/h1-28H. The number of aromatic nitrogens is 1. The van der Waals surface area contributed by atoms with Crippen LogP contribution in [0.3, 0.4) is 0 Å². The summed E-state index contributed by atoms with van der Waals surface area (Å²) in [5.41, 5.74) is 9.43. The molecule has 0 aliphatic carbocycles. The predicted molar refractivity (Wildman–Crippen MR) is 207 cm³/mol. The number of hydrogen-bond acceptors (Lipinski definition) is 4. The van der Waals surface area contributed by atoms with E-state index >= 15 is 0 Å². The zero-order valence-electron chi connectivity index (χ0n) is 26.4. The van der Waals surface area contributed by atoms with Crippen LogP contribution in [0.25, 0.3) is 75.4 Å². The molecule has 0 saturated heterocycles. The SMILES string of the molecule is c1ccc(-c2ccc(N(c3ccc4c(c3)oc3ccc5nc(-c6ccccc6)sc5c34)c3ccc4ccc5ccccc5c4c3)cc2)cc1. The van der Waals surface area contributed by atoms with Crippen LogP contribution in [0.15, 0.2) is 174 Å². The number of furan rings is 1. The van der Waals surface area contributed by atoms with E-state index in [1.54, 1.807) is 11.3 Å². The molecule has 0 aliphatic heterocycles. The maximum absolute atomic E-state index is 6.60. The average molecular weight is 645 g/mol. The van der Waals surface area contributed by atoms with E-state index in [1.807, 2.05) is 6.07 Å². The van der Waals surface area contributed by atoms with E-state index in [0.29, 0.717) is 0 Å². The lowest BCUT2D eigenvalue weighted by molar-refractivity contribution is 0.669. The first kappa shape index (κ1) is 27.8. The summed E-state index contributed by atoms with van der Waals surface area (Å²) in [6, 6.07) is 60.3. The smallest absolute Gasteiger partial charge is 0.137 e. The Balaban J connectivity index is 1.15. The third-order valence-corrected chi connectivity index (χ3v) is 10.6. The molecular formula is C45H28N2OS. The third kappa shape index (κ3) is 4.68. The quantitative estimate of drug-likeness (QED) is 0.175. The van der Waals surface area contributed by atoms with Gasteiger partial charge in [0.25, 0.3) is 0 Å². The fourth-order valence-corrected chi connectivity index (χ4v) is 8.21. The van der Waals surface area contributed by atoms with Crippen molar-refractivity contribution in [2.24, 2.45) is 0 Å². The number of thiazole rings is 1. The van der Waals surface area contributed by atoms with Crippen molar-refractivity contribution in [1.82, 2.24) is 4.98 Å². The van der Waals surface area contributed by atoms with E-state index in [0.717, 1.165) is 59.8 Å². The summed E-state index contributed by atoms with van der Waals surface area (Å²) in [5, 5.41) is 8.16. The zero-order chi connectivity index (χ0) is 32.3. The molecule has 0 atom stereocenters. The number of nitrogens with zero attached hydrogens (tertiary/aromatic N) is 2. The number of benzene rings is 8. The molecule has 0 amide bonds. The van der Waals surface area contributed by atoms with Crippen LogP contribution in [0.2, 0.25) is 0 Å². The molecule has 2 heterocycles. The second-order valence-corrected chi connectivity index (χ2v) is 13.4. The van der Waals surface area contributed by atoms with Crippen molar-refractivity contribution in [3.8, 4) is 21.7 Å². The monoisotopic (exact) mass is 644 g/mol. The molecule has 8 aromatic carbocycles. The molecule has 0 radical (unpaired) electrons. The van der Waals surface area contributed by atoms with Crippen LogP contribution in [0.4, 0.5) is 17.1 Å². The van der Waals surface area contributed by atoms with Gasteiger partial charge in [-0.3, -0.25) is 0 Å². The summed E-state index contributed by atoms with van der Waals surface area (Å²) >= 11 is 1.72. The van der Waals surface area contributed by atoms with E-state index in [-0.39, 0.29) is 0 Å². The van der Waals surface area contributed by atoms with Crippen molar-refractivity contribution in [2.75, 3.05) is 4.90 Å². The number of hydrogen-bond donors (Lipinski definition) is 0. The van der Waals surface area contributed by atoms with E-state index in [1.165, 1.54) is 32.7 Å². The highest BCUT2D eigenvalue weighted by Crippen LogP contribution is 2.43. The molecular weight excluding hydrogens is 617 g/mol. The number of anilines is 3. The van der Waals surface area contributed by atoms with Gasteiger partial charge >= 0.3 is 0 Å². The summed E-state index contributed by atoms with van der Waals surface area (Å²) < 4.78 is 7.75. The molecule has 0 fully saturated rings. The number of fused-ring (bicyclic) bond motifs is 8. The fraction of sp³-hybridized carbons (Fsp3) is 0. The van der Waals surface area contributed by atoms with Gasteiger partial charge in [0, 0.05) is 39.5 Å². The lowest BCUT2D eigenvalue weighted by Gasteiger charge is -2.26. The van der Waals surface area contributed by atoms with E-state index in [2.05, 4.69) is 169 Å². The molecule has 230 valence electrons. The Morgan fingerprint density at radius 2 is 1.08 bits per heavy atom. The van der Waals surface area contributed by atoms with Crippen LogP contribution >= 0.6 is 11.3 Å². The lowest BCUT2D eigenvalue weighted by atomic mass is 10.0. The fourth-order valence-electron chi connectivity index (χ4n) is 7.09. The van der Waals surface area contributed by atoms with Crippen molar-refractivity contribution in [3.63, 3.8) is 0 Å². The maximum Gasteiger partial charge on any atom is 0.137 e. The second kappa shape index (κ2) is 11.2. The molecule has 10 rings (SSSR count). The molecule has 0 bridgehead atoms. The van der Waals surface area contributed by atoms with Gasteiger partial charge in [0.05, 0.1) is 10.2 Å². The molecule has 3 nitrogen and oxygen atoms in total. The van der Waals surface area contributed by atoms with Crippen molar-refractivity contribution >= 4 is 82.1 Å². The lowest BCUT2D eigenvalue weighted by Crippen LogP contribution is -2.09. The summed E-state index contributed by atoms with van der Waals surface area (Å²) in [4.78, 5) is 7.32. The van der Waals surface area contributed by atoms with Gasteiger partial charge in [-0.05, 0) is 81.2 Å². The Hall–Kier alpha value is -6.23. The van der Waals surface area contributed by atoms with Gasteiger partial charge in [-0.2, -0.15) is 0 Å². The first-order valence-electron chi connectivity index (χ1n) is 16.5. The minimum absolute atomic E-state index is 0.854. The Bertz CT molecular complexity index is 2820. The minimum Gasteiger partial charge on any atom is -0.456 e. The molecule has 2 aromatic heterocycles. The Morgan fingerprint density at radius 1 is 0.449 bits per heavy atom. The van der Waals surface area contributed by atoms with Gasteiger partial charge in [0.1, 0.15) is 16.2 Å². The highest BCUT2D eigenvalue weighted by molar-refractivity contribution is 7.22. The van der Waals surface area contributed by atoms with Crippen LogP contribution in [-0.4, -0.2) is 4.98 Å². The van der Waals surface area contributed by atoms with Gasteiger partial charge in [-0.1, -0.05) is 115 Å². The van der Waals surface area contributed by atoms with E-state index in [4.69, 9.17) is 9.40 Å². The first-order valence-corrected chi connectivity index (χ1v) is 17.3. The summed E-state index contributed by atoms with van der Waals surface area (Å²) in [5.74, 6) is 0. The zero-order valence-corrected chi connectivity index (χ0v) is 27.2. The number of rotatable bonds is 5. The van der Waals surface area contributed by atoms with Crippen molar-refractivity contribution in [3.05, 3.63) is 170 Å². The van der Waals surface area contributed by atoms with Crippen LogP contribution in [0, 0.1) is 0 Å². The summed E-state index contributed by atoms with van der Waals surface area (Å²) in [7, 11) is 0. The van der Waals surface area contributed by atoms with Gasteiger partial charge in [-0.15, -0.1) is 11.3 Å². The highest BCUT2D eigenvalue weighted by Gasteiger charge is 2.19. The molecule has 49 heavy (non-hydrogen) atoms. The third-order valence-electron chi connectivity index (χ3n) is 9.47.